The molecule has 0 saturated heterocycles. The topological polar surface area (TPSA) is 0 Å². The van der Waals surface area contributed by atoms with Crippen LogP contribution in [0.25, 0.3) is 0 Å². The van der Waals surface area contributed by atoms with Gasteiger partial charge in [-0.05, 0) is 12.5 Å². The summed E-state index contributed by atoms with van der Waals surface area (Å²) in [4.78, 5) is 0. The van der Waals surface area contributed by atoms with Crippen molar-refractivity contribution in [1.82, 2.24) is 0 Å². The van der Waals surface area contributed by atoms with Gasteiger partial charge in [0, 0.05) is 0 Å². The van der Waals surface area contributed by atoms with E-state index in [9.17, 15) is 0 Å². The second-order valence-corrected chi connectivity index (χ2v) is 2.59. The molecule has 0 aliphatic carbocycles. The average Bonchev–Trinajstić information content (AvgIpc) is 1.97. The summed E-state index contributed by atoms with van der Waals surface area (Å²) >= 11 is 0. The zero-order chi connectivity index (χ0) is 10.6. The molecule has 0 bridgehead atoms. The molecule has 0 heterocycles. The highest BCUT2D eigenvalue weighted by Crippen LogP contribution is 2.15. The molecular formula is C7H4B6. The molecule has 0 aromatic rings. The van der Waals surface area contributed by atoms with Gasteiger partial charge in [0.05, 0.1) is 47.1 Å². The molecule has 0 fully saturated rings. The lowest BCUT2D eigenvalue weighted by Gasteiger charge is -2.10. The minimum atomic E-state index is 0.0688. The summed E-state index contributed by atoms with van der Waals surface area (Å²) < 4.78 is 0. The maximum atomic E-state index is 5.38. The van der Waals surface area contributed by atoms with Crippen molar-refractivity contribution >= 4 is 47.1 Å². The van der Waals surface area contributed by atoms with E-state index in [0.29, 0.717) is 11.1 Å². The Kier molecular flexibility index (Phi) is 5.20. The highest BCUT2D eigenvalue weighted by molar-refractivity contribution is 6.51. The first-order chi connectivity index (χ1) is 5.86. The van der Waals surface area contributed by atoms with Gasteiger partial charge < -0.3 is 0 Å². The first kappa shape index (κ1) is 12.6. The van der Waals surface area contributed by atoms with Crippen molar-refractivity contribution in [3.05, 3.63) is 33.3 Å². The summed E-state index contributed by atoms with van der Waals surface area (Å²) in [7, 11) is 32.0. The van der Waals surface area contributed by atoms with Crippen LogP contribution in [0.4, 0.5) is 0 Å². The molecule has 0 aromatic heterocycles. The number of allylic oxidation sites excluding steroid dienone is 3. The van der Waals surface area contributed by atoms with Gasteiger partial charge in [0.25, 0.3) is 0 Å². The molecule has 6 heteroatoms. The molecule has 0 rings (SSSR count). The third-order valence-electron chi connectivity index (χ3n) is 1.46. The maximum absolute atomic E-state index is 5.38. The first-order valence-electron chi connectivity index (χ1n) is 3.56. The molecule has 12 radical (unpaired) electrons. The van der Waals surface area contributed by atoms with Crippen LogP contribution in [-0.2, 0) is 0 Å². The van der Waals surface area contributed by atoms with E-state index in [2.05, 4.69) is 0 Å². The zero-order valence-electron chi connectivity index (χ0n) is 7.54. The normalized spacial score (nSPS) is 8.69. The fourth-order valence-electron chi connectivity index (χ4n) is 0.730. The highest BCUT2D eigenvalue weighted by atomic mass is 14.0. The summed E-state index contributed by atoms with van der Waals surface area (Å²) in [6.07, 6.45) is 1.41. The fraction of sp³-hybridized carbons (Fsp3) is 0.143. The Morgan fingerprint density at radius 1 is 0.846 bits per heavy atom. The molecule has 0 aromatic carbocycles. The summed E-state index contributed by atoms with van der Waals surface area (Å²) in [5.74, 6) is 0. The van der Waals surface area contributed by atoms with Gasteiger partial charge >= 0.3 is 0 Å². The van der Waals surface area contributed by atoms with Crippen molar-refractivity contribution in [2.75, 3.05) is 0 Å². The van der Waals surface area contributed by atoms with E-state index in [4.69, 9.17) is 47.1 Å². The minimum absolute atomic E-state index is 0.0688. The Hall–Kier alpha value is -0.390. The summed E-state index contributed by atoms with van der Waals surface area (Å²) in [5, 5.41) is 0.282. The third-order valence-corrected chi connectivity index (χ3v) is 1.46. The van der Waals surface area contributed by atoms with Gasteiger partial charge in [-0.1, -0.05) is 11.6 Å². The third kappa shape index (κ3) is 4.40. The highest BCUT2D eigenvalue weighted by Gasteiger charge is 1.98. The molecule has 0 spiro atoms. The van der Waals surface area contributed by atoms with Gasteiger partial charge in [-0.25, -0.2) is 0 Å². The van der Waals surface area contributed by atoms with Crippen molar-refractivity contribution in [3.63, 3.8) is 0 Å². The molecule has 0 unspecified atom stereocenters. The molecule has 0 saturated carbocycles. The van der Waals surface area contributed by atoms with E-state index >= 15 is 0 Å². The van der Waals surface area contributed by atoms with Crippen molar-refractivity contribution in [2.45, 2.75) is 6.92 Å². The minimum Gasteiger partial charge on any atom is -0.160 e. The number of hydrogen-bond acceptors (Lipinski definition) is 0. The Balaban J connectivity index is 5.23. The van der Waals surface area contributed by atoms with Gasteiger partial charge in [-0.3, -0.25) is 0 Å². The van der Waals surface area contributed by atoms with Crippen molar-refractivity contribution in [3.8, 4) is 0 Å². The Labute approximate surface area is 87.8 Å². The fourth-order valence-corrected chi connectivity index (χ4v) is 0.730. The van der Waals surface area contributed by atoms with Crippen LogP contribution in [0.5, 0.6) is 0 Å². The first-order valence-corrected chi connectivity index (χ1v) is 3.56. The number of hydrogen-bond donors (Lipinski definition) is 0. The lowest BCUT2D eigenvalue weighted by molar-refractivity contribution is 1.44. The molecule has 50 valence electrons. The Bertz CT molecular complexity index is 273. The van der Waals surface area contributed by atoms with Gasteiger partial charge in [-0.15, -0.1) is 0 Å². The predicted octanol–water partition coefficient (Wildman–Crippen LogP) is -0.718. The van der Waals surface area contributed by atoms with E-state index in [-0.39, 0.29) is 16.1 Å². The molecule has 0 aliphatic rings. The van der Waals surface area contributed by atoms with Crippen LogP contribution in [0.1, 0.15) is 6.92 Å². The monoisotopic (exact) mass is 154 g/mol. The molecule has 0 nitrogen and oxygen atoms in total. The van der Waals surface area contributed by atoms with Gasteiger partial charge in [0.2, 0.25) is 0 Å². The van der Waals surface area contributed by atoms with Crippen LogP contribution in [0.15, 0.2) is 33.3 Å². The maximum Gasteiger partial charge on any atom is 0.0931 e. The Morgan fingerprint density at radius 3 is 1.54 bits per heavy atom. The van der Waals surface area contributed by atoms with Crippen LogP contribution in [0, 0.1) is 0 Å². The quantitative estimate of drug-likeness (QED) is 0.363. The SMILES string of the molecule is [B]C([B])=CC(=C([B])[B])C(C)=C([B])[B]. The van der Waals surface area contributed by atoms with Crippen LogP contribution in [-0.4, -0.2) is 47.1 Å². The second-order valence-electron chi connectivity index (χ2n) is 2.59. The summed E-state index contributed by atoms with van der Waals surface area (Å²) in [6, 6.07) is 0. The van der Waals surface area contributed by atoms with Crippen molar-refractivity contribution in [1.29, 1.82) is 0 Å². The predicted molar refractivity (Wildman–Crippen MR) is 62.3 cm³/mol. The summed E-state index contributed by atoms with van der Waals surface area (Å²) in [5.41, 5.74) is 0.994. The molecule has 0 atom stereocenters. The van der Waals surface area contributed by atoms with Crippen molar-refractivity contribution < 1.29 is 0 Å². The van der Waals surface area contributed by atoms with Crippen LogP contribution in [0.3, 0.4) is 0 Å². The largest absolute Gasteiger partial charge is 0.160 e. The second kappa shape index (κ2) is 5.36. The van der Waals surface area contributed by atoms with Gasteiger partial charge in [0.15, 0.2) is 0 Å². The van der Waals surface area contributed by atoms with Crippen LogP contribution < -0.4 is 0 Å². The standard InChI is InChI=1S/C7H4B6/c1-3(6(10)11)4(7(12)13)2-5(8)9/h2H,1H3. The smallest absolute Gasteiger partial charge is 0.0931 e. The lowest BCUT2D eigenvalue weighted by Crippen LogP contribution is -1.97. The lowest BCUT2D eigenvalue weighted by atomic mass is 9.66. The van der Waals surface area contributed by atoms with Crippen LogP contribution in [0.2, 0.25) is 0 Å². The van der Waals surface area contributed by atoms with E-state index in [0.717, 1.165) is 0 Å². The summed E-state index contributed by atoms with van der Waals surface area (Å²) in [6.45, 7) is 1.67. The molecule has 0 aliphatic heterocycles. The molecule has 0 N–H and O–H groups in total. The van der Waals surface area contributed by atoms with Crippen LogP contribution >= 0.6 is 0 Å². The average molecular weight is 153 g/mol. The molecular weight excluding hydrogens is 149 g/mol. The van der Waals surface area contributed by atoms with Crippen molar-refractivity contribution in [2.24, 2.45) is 0 Å². The molecule has 0 amide bonds. The van der Waals surface area contributed by atoms with E-state index in [1.54, 1.807) is 6.92 Å². The zero-order valence-corrected chi connectivity index (χ0v) is 7.54. The number of rotatable bonds is 2. The van der Waals surface area contributed by atoms with Gasteiger partial charge in [-0.2, -0.15) is 16.1 Å². The van der Waals surface area contributed by atoms with E-state index in [1.165, 1.54) is 6.08 Å². The van der Waals surface area contributed by atoms with E-state index < -0.39 is 0 Å². The van der Waals surface area contributed by atoms with Gasteiger partial charge in [0.1, 0.15) is 0 Å². The Morgan fingerprint density at radius 2 is 1.31 bits per heavy atom. The van der Waals surface area contributed by atoms with E-state index in [1.807, 2.05) is 0 Å². The molecule has 13 heavy (non-hydrogen) atoms.